The Morgan fingerprint density at radius 2 is 1.92 bits per heavy atom. The van der Waals surface area contributed by atoms with Gasteiger partial charge >= 0.3 is 23.1 Å². The zero-order valence-corrected chi connectivity index (χ0v) is 12.5. The first-order chi connectivity index (χ1) is 5.13. The topological polar surface area (TPSA) is 40.1 Å². The standard InChI is InChI=1S/C8H15BrO2.BrH.Mg/c1-7(9)5-3-2-4-6-8(10)11;;/h7H,2-6H2,1H3,(H,10,11);1H;/q;;+2/p-2. The molecule has 0 aliphatic carbocycles. The molecule has 0 aromatic carbocycles. The number of halogens is 2. The first kappa shape index (κ1) is 19.7. The van der Waals surface area contributed by atoms with Gasteiger partial charge in [-0.25, -0.2) is 0 Å². The van der Waals surface area contributed by atoms with Crippen LogP contribution in [0.3, 0.4) is 0 Å². The molecule has 0 N–H and O–H groups in total. The number of carbonyl (C=O) groups is 1. The fourth-order valence-corrected chi connectivity index (χ4v) is 1.20. The summed E-state index contributed by atoms with van der Waals surface area (Å²) in [4.78, 5) is 10.5. The van der Waals surface area contributed by atoms with Crippen LogP contribution in [0.4, 0.5) is 0 Å². The van der Waals surface area contributed by atoms with Gasteiger partial charge in [-0.2, -0.15) is 0 Å². The first-order valence-electron chi connectivity index (χ1n) is 3.97. The van der Waals surface area contributed by atoms with Crippen molar-refractivity contribution in [2.24, 2.45) is 0 Å². The first-order valence-corrected chi connectivity index (χ1v) is 4.88. The minimum absolute atomic E-state index is 0. The van der Waals surface area contributed by atoms with E-state index in [2.05, 4.69) is 22.9 Å². The summed E-state index contributed by atoms with van der Waals surface area (Å²) < 4.78 is 0. The number of carbonyl (C=O) groups excluding carboxylic acids is 1. The Morgan fingerprint density at radius 1 is 1.38 bits per heavy atom. The van der Waals surface area contributed by atoms with Gasteiger partial charge < -0.3 is 26.9 Å². The second-order valence-corrected chi connectivity index (χ2v) is 4.32. The largest absolute Gasteiger partial charge is 2.00 e. The number of alkyl halides is 1. The molecule has 0 rings (SSSR count). The van der Waals surface area contributed by atoms with Crippen molar-refractivity contribution in [2.75, 3.05) is 0 Å². The summed E-state index contributed by atoms with van der Waals surface area (Å²) in [6.07, 6.45) is 4.16. The van der Waals surface area contributed by atoms with Crippen LogP contribution in [0, 0.1) is 0 Å². The summed E-state index contributed by atoms with van der Waals surface area (Å²) in [5.74, 6) is -0.933. The van der Waals surface area contributed by atoms with E-state index in [9.17, 15) is 9.90 Å². The Kier molecular flexibility index (Phi) is 20.0. The van der Waals surface area contributed by atoms with Crippen molar-refractivity contribution in [3.05, 3.63) is 0 Å². The molecule has 1 unspecified atom stereocenters. The molecule has 0 amide bonds. The van der Waals surface area contributed by atoms with Crippen molar-refractivity contribution in [1.29, 1.82) is 0 Å². The number of hydrogen-bond acceptors (Lipinski definition) is 2. The van der Waals surface area contributed by atoms with Gasteiger partial charge in [0.2, 0.25) is 0 Å². The normalized spacial score (nSPS) is 10.9. The number of rotatable bonds is 6. The summed E-state index contributed by atoms with van der Waals surface area (Å²) in [7, 11) is 0. The van der Waals surface area contributed by atoms with Crippen LogP contribution in [0.1, 0.15) is 39.0 Å². The van der Waals surface area contributed by atoms with Crippen LogP contribution in [0.5, 0.6) is 0 Å². The van der Waals surface area contributed by atoms with Crippen LogP contribution in [-0.4, -0.2) is 33.8 Å². The summed E-state index contributed by atoms with van der Waals surface area (Å²) >= 11 is 3.43. The Hall–Kier alpha value is 1.20. The van der Waals surface area contributed by atoms with E-state index in [0.29, 0.717) is 4.83 Å². The molecule has 74 valence electrons. The molecule has 0 aliphatic heterocycles. The molecule has 0 fully saturated rings. The van der Waals surface area contributed by atoms with Gasteiger partial charge in [0.1, 0.15) is 0 Å². The molecule has 0 saturated heterocycles. The van der Waals surface area contributed by atoms with E-state index in [1.54, 1.807) is 0 Å². The zero-order chi connectivity index (χ0) is 8.69. The van der Waals surface area contributed by atoms with E-state index in [1.165, 1.54) is 0 Å². The van der Waals surface area contributed by atoms with Gasteiger partial charge in [0, 0.05) is 10.8 Å². The van der Waals surface area contributed by atoms with Crippen molar-refractivity contribution in [2.45, 2.75) is 43.9 Å². The van der Waals surface area contributed by atoms with Crippen LogP contribution in [-0.2, 0) is 4.79 Å². The predicted octanol–water partition coefficient (Wildman–Crippen LogP) is -1.91. The molecule has 0 radical (unpaired) electrons. The molecule has 0 aliphatic rings. The van der Waals surface area contributed by atoms with Crippen molar-refractivity contribution in [3.8, 4) is 0 Å². The predicted molar refractivity (Wildman–Crippen MR) is 52.2 cm³/mol. The monoisotopic (exact) mass is 324 g/mol. The van der Waals surface area contributed by atoms with Crippen LogP contribution >= 0.6 is 15.9 Å². The van der Waals surface area contributed by atoms with Crippen molar-refractivity contribution >= 4 is 45.0 Å². The van der Waals surface area contributed by atoms with Crippen LogP contribution < -0.4 is 22.1 Å². The maximum atomic E-state index is 9.98. The van der Waals surface area contributed by atoms with Gasteiger partial charge in [0.15, 0.2) is 0 Å². The van der Waals surface area contributed by atoms with Gasteiger partial charge in [-0.1, -0.05) is 35.7 Å². The zero-order valence-electron chi connectivity index (χ0n) is 7.89. The van der Waals surface area contributed by atoms with Gasteiger partial charge in [0.25, 0.3) is 0 Å². The number of unbranched alkanes of at least 4 members (excludes halogenated alkanes) is 2. The van der Waals surface area contributed by atoms with E-state index in [1.807, 2.05) is 0 Å². The van der Waals surface area contributed by atoms with Crippen molar-refractivity contribution in [3.63, 3.8) is 0 Å². The summed E-state index contributed by atoms with van der Waals surface area (Å²) in [6, 6.07) is 0. The van der Waals surface area contributed by atoms with Gasteiger partial charge in [-0.15, -0.1) is 0 Å². The maximum absolute atomic E-state index is 9.98. The SMILES string of the molecule is CC(Br)CCCCCC(=O)[O-].[Br-].[Mg+2]. The number of carboxylic acids is 1. The van der Waals surface area contributed by atoms with Crippen molar-refractivity contribution < 1.29 is 26.9 Å². The Labute approximate surface area is 115 Å². The molecule has 2 nitrogen and oxygen atoms in total. The molecule has 0 spiro atoms. The molecular weight excluding hydrogens is 312 g/mol. The van der Waals surface area contributed by atoms with Crippen LogP contribution in [0.15, 0.2) is 0 Å². The fraction of sp³-hybridized carbons (Fsp3) is 0.875. The molecule has 0 aromatic heterocycles. The fourth-order valence-electron chi connectivity index (χ4n) is 0.872. The van der Waals surface area contributed by atoms with Gasteiger partial charge in [0.05, 0.1) is 0 Å². The number of aliphatic carboxylic acids is 1. The average Bonchev–Trinajstić information content (AvgIpc) is 1.85. The summed E-state index contributed by atoms with van der Waals surface area (Å²) in [5.41, 5.74) is 0. The second-order valence-electron chi connectivity index (χ2n) is 2.75. The molecule has 0 aromatic rings. The molecule has 0 heterocycles. The van der Waals surface area contributed by atoms with E-state index in [-0.39, 0.29) is 46.5 Å². The minimum atomic E-state index is -0.933. The van der Waals surface area contributed by atoms with E-state index in [4.69, 9.17) is 0 Å². The summed E-state index contributed by atoms with van der Waals surface area (Å²) in [6.45, 7) is 2.10. The van der Waals surface area contributed by atoms with E-state index < -0.39 is 5.97 Å². The minimum Gasteiger partial charge on any atom is -1.00 e. The molecule has 13 heavy (non-hydrogen) atoms. The third-order valence-electron chi connectivity index (χ3n) is 1.48. The Bertz CT molecular complexity index is 121. The van der Waals surface area contributed by atoms with Crippen molar-refractivity contribution in [1.82, 2.24) is 0 Å². The summed E-state index contributed by atoms with van der Waals surface area (Å²) in [5, 5.41) is 9.98. The maximum Gasteiger partial charge on any atom is 2.00 e. The van der Waals surface area contributed by atoms with Crippen LogP contribution in [0.25, 0.3) is 0 Å². The van der Waals surface area contributed by atoms with Gasteiger partial charge in [-0.05, 0) is 19.3 Å². The van der Waals surface area contributed by atoms with Crippen LogP contribution in [0.2, 0.25) is 0 Å². The van der Waals surface area contributed by atoms with E-state index >= 15 is 0 Å². The third-order valence-corrected chi connectivity index (χ3v) is 1.94. The Morgan fingerprint density at radius 3 is 2.31 bits per heavy atom. The average molecular weight is 326 g/mol. The van der Waals surface area contributed by atoms with Gasteiger partial charge in [-0.3, -0.25) is 0 Å². The number of carboxylic acid groups (broad SMARTS) is 1. The quantitative estimate of drug-likeness (QED) is 0.325. The smallest absolute Gasteiger partial charge is 1.00 e. The third kappa shape index (κ3) is 19.6. The Balaban J connectivity index is -0.000000500. The molecular formula is C8H14Br2MgO2. The molecule has 1 atom stereocenters. The molecule has 5 heteroatoms. The number of hydrogen-bond donors (Lipinski definition) is 0. The van der Waals surface area contributed by atoms with E-state index in [0.717, 1.165) is 25.7 Å². The molecule has 0 bridgehead atoms. The second kappa shape index (κ2) is 13.2. The molecule has 0 saturated carbocycles.